The quantitative estimate of drug-likeness (QED) is 0.274. The van der Waals surface area contributed by atoms with E-state index in [1.54, 1.807) is 19.2 Å². The summed E-state index contributed by atoms with van der Waals surface area (Å²) in [4.78, 5) is 8.95. The van der Waals surface area contributed by atoms with Crippen molar-refractivity contribution in [2.75, 3.05) is 13.1 Å². The molecule has 1 fully saturated rings. The molecule has 3 rings (SSSR count). The molecule has 0 aromatic carbocycles. The fraction of sp³-hybridized carbons (Fsp3) is 0.545. The van der Waals surface area contributed by atoms with Gasteiger partial charge in [0.25, 0.3) is 0 Å². The first kappa shape index (κ1) is 24.5. The van der Waals surface area contributed by atoms with Gasteiger partial charge in [-0.05, 0) is 70.2 Å². The summed E-state index contributed by atoms with van der Waals surface area (Å²) in [5.74, 6) is 2.60. The molecule has 2 aromatic heterocycles. The van der Waals surface area contributed by atoms with Crippen LogP contribution in [0.4, 0.5) is 0 Å². The Bertz CT molecular complexity index is 816. The number of aromatic nitrogens is 1. The van der Waals surface area contributed by atoms with Gasteiger partial charge in [0.2, 0.25) is 5.88 Å². The van der Waals surface area contributed by atoms with Gasteiger partial charge >= 0.3 is 0 Å². The van der Waals surface area contributed by atoms with Gasteiger partial charge in [0.05, 0.1) is 13.1 Å². The molecule has 0 bridgehead atoms. The smallest absolute Gasteiger partial charge is 0.213 e. The molecule has 1 atom stereocenters. The van der Waals surface area contributed by atoms with Gasteiger partial charge in [-0.3, -0.25) is 0 Å². The maximum Gasteiger partial charge on any atom is 0.213 e. The number of aryl methyl sites for hydroxylation is 1. The highest BCUT2D eigenvalue weighted by Gasteiger charge is 2.27. The van der Waals surface area contributed by atoms with E-state index in [0.717, 1.165) is 30.7 Å². The summed E-state index contributed by atoms with van der Waals surface area (Å²) < 4.78 is 11.5. The highest BCUT2D eigenvalue weighted by Crippen LogP contribution is 2.24. The Labute approximate surface area is 195 Å². The van der Waals surface area contributed by atoms with Gasteiger partial charge in [-0.1, -0.05) is 0 Å². The molecule has 0 aliphatic heterocycles. The van der Waals surface area contributed by atoms with Crippen molar-refractivity contribution < 1.29 is 14.3 Å². The number of hydrogen-bond acceptors (Lipinski definition) is 5. The lowest BCUT2D eigenvalue weighted by molar-refractivity contribution is 0.0378. The number of furan rings is 1. The van der Waals surface area contributed by atoms with Gasteiger partial charge in [-0.25, -0.2) is 9.98 Å². The number of halogens is 1. The summed E-state index contributed by atoms with van der Waals surface area (Å²) in [7, 11) is 0. The first-order valence-corrected chi connectivity index (χ1v) is 10.4. The molecule has 1 aliphatic rings. The second kappa shape index (κ2) is 11.5. The van der Waals surface area contributed by atoms with Crippen molar-refractivity contribution in [1.82, 2.24) is 15.6 Å². The van der Waals surface area contributed by atoms with Crippen LogP contribution in [0.15, 0.2) is 39.9 Å². The Balaban J connectivity index is 0.00000320. The fourth-order valence-corrected chi connectivity index (χ4v) is 3.37. The molecule has 0 amide bonds. The van der Waals surface area contributed by atoms with E-state index >= 15 is 0 Å². The third kappa shape index (κ3) is 7.16. The average molecular weight is 528 g/mol. The van der Waals surface area contributed by atoms with Gasteiger partial charge in [0, 0.05) is 18.8 Å². The second-order valence-corrected chi connectivity index (χ2v) is 7.76. The molecule has 8 heteroatoms. The summed E-state index contributed by atoms with van der Waals surface area (Å²) in [6.45, 7) is 7.07. The van der Waals surface area contributed by atoms with Crippen LogP contribution in [0.3, 0.4) is 0 Å². The monoisotopic (exact) mass is 528 g/mol. The lowest BCUT2D eigenvalue weighted by atomic mass is 10.0. The van der Waals surface area contributed by atoms with Crippen LogP contribution in [0.5, 0.6) is 5.88 Å². The van der Waals surface area contributed by atoms with E-state index < -0.39 is 5.60 Å². The number of guanidine groups is 1. The van der Waals surface area contributed by atoms with Gasteiger partial charge < -0.3 is 24.9 Å². The molecular formula is C22H33IN4O3. The van der Waals surface area contributed by atoms with Gasteiger partial charge in [-0.2, -0.15) is 0 Å². The van der Waals surface area contributed by atoms with E-state index in [1.165, 1.54) is 12.8 Å². The summed E-state index contributed by atoms with van der Waals surface area (Å²) >= 11 is 0. The van der Waals surface area contributed by atoms with Crippen molar-refractivity contribution in [3.05, 3.63) is 47.5 Å². The molecule has 0 spiro atoms. The molecule has 1 aliphatic carbocycles. The van der Waals surface area contributed by atoms with E-state index in [2.05, 4.69) is 20.6 Å². The number of ether oxygens (including phenoxy) is 1. The number of aliphatic hydroxyl groups is 1. The third-order valence-electron chi connectivity index (χ3n) is 5.02. The standard InChI is InChI=1S/C22H32N4O3.HI/c1-4-23-21(26-15-22(3,27)19-10-9-16(2)28-19)25-14-17-11-12-24-20(13-17)29-18-7-5-6-8-18;/h9-13,18,27H,4-8,14-15H2,1-3H3,(H2,23,25,26);1H. The Hall–Kier alpha value is -1.81. The number of aliphatic imine (C=N–C) groups is 1. The zero-order valence-electron chi connectivity index (χ0n) is 18.0. The summed E-state index contributed by atoms with van der Waals surface area (Å²) in [6.07, 6.45) is 6.72. The van der Waals surface area contributed by atoms with Crippen molar-refractivity contribution in [1.29, 1.82) is 0 Å². The lowest BCUT2D eigenvalue weighted by Gasteiger charge is -2.22. The van der Waals surface area contributed by atoms with E-state index in [9.17, 15) is 5.11 Å². The Kier molecular flexibility index (Phi) is 9.41. The molecule has 2 aromatic rings. The molecule has 7 nitrogen and oxygen atoms in total. The molecule has 166 valence electrons. The maximum atomic E-state index is 10.7. The highest BCUT2D eigenvalue weighted by atomic mass is 127. The molecule has 0 saturated heterocycles. The van der Waals surface area contributed by atoms with Crippen molar-refractivity contribution in [3.63, 3.8) is 0 Å². The lowest BCUT2D eigenvalue weighted by Crippen LogP contribution is -2.44. The summed E-state index contributed by atoms with van der Waals surface area (Å²) in [6, 6.07) is 7.53. The number of hydrogen-bond donors (Lipinski definition) is 3. The van der Waals surface area contributed by atoms with Crippen LogP contribution in [0.1, 0.15) is 56.6 Å². The first-order valence-electron chi connectivity index (χ1n) is 10.4. The largest absolute Gasteiger partial charge is 0.474 e. The van der Waals surface area contributed by atoms with Crippen molar-refractivity contribution in [3.8, 4) is 5.88 Å². The SMILES string of the molecule is CCNC(=NCc1ccnc(OC2CCCC2)c1)NCC(C)(O)c1ccc(C)o1.I. The number of rotatable bonds is 8. The normalized spacial score (nSPS) is 16.6. The van der Waals surface area contributed by atoms with Gasteiger partial charge in [-0.15, -0.1) is 24.0 Å². The minimum atomic E-state index is -1.14. The number of nitrogens with zero attached hydrogens (tertiary/aromatic N) is 2. The minimum Gasteiger partial charge on any atom is -0.474 e. The Morgan fingerprint density at radius 2 is 2.07 bits per heavy atom. The van der Waals surface area contributed by atoms with Crippen LogP contribution < -0.4 is 15.4 Å². The van der Waals surface area contributed by atoms with Crippen LogP contribution in [0.25, 0.3) is 0 Å². The maximum absolute atomic E-state index is 10.7. The molecule has 30 heavy (non-hydrogen) atoms. The molecule has 1 saturated carbocycles. The van der Waals surface area contributed by atoms with Gasteiger partial charge in [0.15, 0.2) is 5.96 Å². The van der Waals surface area contributed by atoms with Crippen molar-refractivity contribution in [2.45, 2.75) is 64.7 Å². The van der Waals surface area contributed by atoms with Crippen LogP contribution in [0, 0.1) is 6.92 Å². The average Bonchev–Trinajstić information content (AvgIpc) is 3.36. The molecular weight excluding hydrogens is 495 g/mol. The van der Waals surface area contributed by atoms with Crippen molar-refractivity contribution in [2.24, 2.45) is 4.99 Å². The molecule has 1 unspecified atom stereocenters. The predicted molar refractivity (Wildman–Crippen MR) is 128 cm³/mol. The zero-order valence-corrected chi connectivity index (χ0v) is 20.3. The predicted octanol–water partition coefficient (Wildman–Crippen LogP) is 3.89. The summed E-state index contributed by atoms with van der Waals surface area (Å²) in [5.41, 5.74) is -0.109. The van der Waals surface area contributed by atoms with Crippen LogP contribution in [-0.2, 0) is 12.1 Å². The van der Waals surface area contributed by atoms with Crippen LogP contribution >= 0.6 is 24.0 Å². The number of nitrogens with one attached hydrogen (secondary N) is 2. The van der Waals surface area contributed by atoms with Gasteiger partial charge in [0.1, 0.15) is 23.2 Å². The molecule has 3 N–H and O–H groups in total. The second-order valence-electron chi connectivity index (χ2n) is 7.76. The minimum absolute atomic E-state index is 0. The van der Waals surface area contributed by atoms with Crippen LogP contribution in [-0.4, -0.2) is 35.2 Å². The first-order chi connectivity index (χ1) is 14.0. The fourth-order valence-electron chi connectivity index (χ4n) is 3.37. The van der Waals surface area contributed by atoms with Crippen molar-refractivity contribution >= 4 is 29.9 Å². The topological polar surface area (TPSA) is 91.9 Å². The number of pyridine rings is 1. The molecule has 2 heterocycles. The highest BCUT2D eigenvalue weighted by molar-refractivity contribution is 14.0. The van der Waals surface area contributed by atoms with E-state index in [0.29, 0.717) is 24.1 Å². The zero-order chi connectivity index (χ0) is 20.7. The molecule has 0 radical (unpaired) electrons. The van der Waals surface area contributed by atoms with E-state index in [1.807, 2.05) is 32.0 Å². The summed E-state index contributed by atoms with van der Waals surface area (Å²) in [5, 5.41) is 17.1. The van der Waals surface area contributed by atoms with E-state index in [-0.39, 0.29) is 36.6 Å². The third-order valence-corrected chi connectivity index (χ3v) is 5.02. The Morgan fingerprint density at radius 1 is 1.30 bits per heavy atom. The van der Waals surface area contributed by atoms with Crippen LogP contribution in [0.2, 0.25) is 0 Å². The Morgan fingerprint density at radius 3 is 2.73 bits per heavy atom. The van der Waals surface area contributed by atoms with E-state index in [4.69, 9.17) is 9.15 Å².